The summed E-state index contributed by atoms with van der Waals surface area (Å²) in [5.74, 6) is 0. The molecular formula is C16H16N10S4. The van der Waals surface area contributed by atoms with Crippen LogP contribution in [0.3, 0.4) is 0 Å². The molecule has 0 N–H and O–H groups in total. The Balaban J connectivity index is 1.96. The van der Waals surface area contributed by atoms with Gasteiger partial charge in [-0.15, -0.1) is 20.4 Å². The van der Waals surface area contributed by atoms with Gasteiger partial charge >= 0.3 is 0 Å². The van der Waals surface area contributed by atoms with Crippen LogP contribution in [0.2, 0.25) is 0 Å². The predicted octanol–water partition coefficient (Wildman–Crippen LogP) is 3.46. The Kier molecular flexibility index (Phi) is 10.7. The molecule has 10 nitrogen and oxygen atoms in total. The molecule has 0 spiro atoms. The van der Waals surface area contributed by atoms with Crippen LogP contribution < -0.4 is 9.80 Å². The first-order valence-electron chi connectivity index (χ1n) is 8.71. The maximum atomic E-state index is 8.81. The topological polar surface area (TPSA) is 153 Å². The molecule has 2 aromatic heterocycles. The summed E-state index contributed by atoms with van der Waals surface area (Å²) < 4.78 is 1.47. The lowest BCUT2D eigenvalue weighted by Gasteiger charge is -2.17. The van der Waals surface area contributed by atoms with Gasteiger partial charge in [0.25, 0.3) is 0 Å². The van der Waals surface area contributed by atoms with Crippen LogP contribution in [0.15, 0.2) is 8.68 Å². The Morgan fingerprint density at radius 3 is 1.23 bits per heavy atom. The van der Waals surface area contributed by atoms with Crippen LogP contribution >= 0.6 is 44.3 Å². The Hall–Kier alpha value is -2.62. The molecular weight excluding hydrogens is 461 g/mol. The molecule has 2 heterocycles. The van der Waals surface area contributed by atoms with Crippen molar-refractivity contribution >= 4 is 54.5 Å². The zero-order valence-corrected chi connectivity index (χ0v) is 19.0. The molecule has 0 aromatic carbocycles. The first-order valence-corrected chi connectivity index (χ1v) is 12.5. The molecule has 154 valence electrons. The lowest BCUT2D eigenvalue weighted by molar-refractivity contribution is 0.782. The van der Waals surface area contributed by atoms with E-state index in [9.17, 15) is 0 Å². The highest BCUT2D eigenvalue weighted by Gasteiger charge is 2.16. The van der Waals surface area contributed by atoms with Gasteiger partial charge in [-0.3, -0.25) is 0 Å². The van der Waals surface area contributed by atoms with E-state index < -0.39 is 0 Å². The molecule has 0 saturated carbocycles. The molecule has 0 radical (unpaired) electrons. The van der Waals surface area contributed by atoms with Crippen molar-refractivity contribution in [3.8, 4) is 24.3 Å². The fourth-order valence-corrected chi connectivity index (χ4v) is 6.27. The number of nitrogens with zero attached hydrogens (tertiary/aromatic N) is 10. The molecule has 0 unspecified atom stereocenters. The van der Waals surface area contributed by atoms with Gasteiger partial charge in [0.05, 0.1) is 50.0 Å². The van der Waals surface area contributed by atoms with Crippen molar-refractivity contribution in [2.75, 3.05) is 36.0 Å². The van der Waals surface area contributed by atoms with E-state index in [0.29, 0.717) is 62.1 Å². The van der Waals surface area contributed by atoms with Gasteiger partial charge < -0.3 is 9.80 Å². The van der Waals surface area contributed by atoms with Gasteiger partial charge in [-0.05, 0) is 21.6 Å². The molecule has 0 atom stereocenters. The van der Waals surface area contributed by atoms with E-state index in [1.54, 1.807) is 0 Å². The number of anilines is 2. The van der Waals surface area contributed by atoms with Gasteiger partial charge in [0.1, 0.15) is 0 Å². The minimum absolute atomic E-state index is 0.351. The zero-order valence-electron chi connectivity index (χ0n) is 15.8. The van der Waals surface area contributed by atoms with Crippen molar-refractivity contribution in [2.45, 2.75) is 34.4 Å². The van der Waals surface area contributed by atoms with Crippen LogP contribution in [0, 0.1) is 45.3 Å². The summed E-state index contributed by atoms with van der Waals surface area (Å²) in [5, 5.41) is 53.3. The minimum Gasteiger partial charge on any atom is -0.345 e. The first kappa shape index (κ1) is 23.7. The van der Waals surface area contributed by atoms with Crippen molar-refractivity contribution in [3.05, 3.63) is 0 Å². The highest BCUT2D eigenvalue weighted by molar-refractivity contribution is 8.77. The van der Waals surface area contributed by atoms with Gasteiger partial charge in [-0.2, -0.15) is 21.0 Å². The molecule has 2 rings (SSSR count). The Morgan fingerprint density at radius 2 is 0.933 bits per heavy atom. The SMILES string of the molecule is N#CCCN(CCC#N)c1nnc(SSc2nnc(N(CCC#N)CCC#N)s2)s1. The predicted molar refractivity (Wildman–Crippen MR) is 117 cm³/mol. The van der Waals surface area contributed by atoms with Crippen LogP contribution in [0.4, 0.5) is 10.3 Å². The van der Waals surface area contributed by atoms with Crippen molar-refractivity contribution in [3.63, 3.8) is 0 Å². The summed E-state index contributed by atoms with van der Waals surface area (Å²) >= 11 is 2.79. The second-order valence-corrected chi connectivity index (χ2v) is 10.0. The summed E-state index contributed by atoms with van der Waals surface area (Å²) in [6.45, 7) is 2.02. The largest absolute Gasteiger partial charge is 0.345 e. The van der Waals surface area contributed by atoms with Crippen molar-refractivity contribution in [2.24, 2.45) is 0 Å². The standard InChI is InChI=1S/C16H16N10S4/c17-5-1-9-25(10-2-6-18)13-21-23-15(27-13)29-30-16-24-22-14(28-16)26(11-3-7-19)12-4-8-20/h1-4,9-12H2. The molecule has 2 aromatic rings. The summed E-state index contributed by atoms with van der Waals surface area (Å²) in [5.41, 5.74) is 0. The molecule has 0 saturated heterocycles. The molecule has 0 bridgehead atoms. The lowest BCUT2D eigenvalue weighted by atomic mass is 10.4. The zero-order chi connectivity index (χ0) is 21.6. The Bertz CT molecular complexity index is 846. The Morgan fingerprint density at radius 1 is 0.600 bits per heavy atom. The number of aromatic nitrogens is 4. The summed E-state index contributed by atoms with van der Waals surface area (Å²) in [7, 11) is 2.82. The molecule has 0 aliphatic carbocycles. The molecule has 0 fully saturated rings. The maximum Gasteiger partial charge on any atom is 0.209 e. The summed E-state index contributed by atoms with van der Waals surface area (Å²) in [4.78, 5) is 3.79. The van der Waals surface area contributed by atoms with Gasteiger partial charge in [-0.25, -0.2) is 0 Å². The van der Waals surface area contributed by atoms with E-state index in [4.69, 9.17) is 21.0 Å². The highest BCUT2D eigenvalue weighted by Crippen LogP contribution is 2.42. The minimum atomic E-state index is 0.351. The van der Waals surface area contributed by atoms with Crippen LogP contribution in [0.5, 0.6) is 0 Å². The number of hydrogen-bond donors (Lipinski definition) is 0. The van der Waals surface area contributed by atoms with Gasteiger partial charge in [-0.1, -0.05) is 22.7 Å². The van der Waals surface area contributed by atoms with Crippen LogP contribution in [-0.2, 0) is 0 Å². The lowest BCUT2D eigenvalue weighted by Crippen LogP contribution is -2.25. The fourth-order valence-electron chi connectivity index (χ4n) is 2.15. The van der Waals surface area contributed by atoms with E-state index in [2.05, 4.69) is 44.7 Å². The molecule has 0 aliphatic rings. The average molecular weight is 477 g/mol. The van der Waals surface area contributed by atoms with E-state index in [0.717, 1.165) is 8.68 Å². The third kappa shape index (κ3) is 7.66. The molecule has 0 aliphatic heterocycles. The van der Waals surface area contributed by atoms with Crippen molar-refractivity contribution in [1.29, 1.82) is 21.0 Å². The normalized spacial score (nSPS) is 9.87. The second-order valence-electron chi connectivity index (χ2n) is 5.47. The maximum absolute atomic E-state index is 8.81. The second kappa shape index (κ2) is 13.6. The molecule has 30 heavy (non-hydrogen) atoms. The number of nitriles is 4. The van der Waals surface area contributed by atoms with Crippen LogP contribution in [-0.4, -0.2) is 46.6 Å². The molecule has 0 amide bonds. The summed E-state index contributed by atoms with van der Waals surface area (Å²) in [6, 6.07) is 8.41. The monoisotopic (exact) mass is 476 g/mol. The summed E-state index contributed by atoms with van der Waals surface area (Å²) in [6.07, 6.45) is 1.40. The fraction of sp³-hybridized carbons (Fsp3) is 0.500. The highest BCUT2D eigenvalue weighted by atomic mass is 33.1. The number of hydrogen-bond acceptors (Lipinski definition) is 14. The number of rotatable bonds is 13. The van der Waals surface area contributed by atoms with Crippen molar-refractivity contribution < 1.29 is 0 Å². The molecule has 14 heteroatoms. The smallest absolute Gasteiger partial charge is 0.209 e. The van der Waals surface area contributed by atoms with Crippen LogP contribution in [0.25, 0.3) is 0 Å². The quantitative estimate of drug-likeness (QED) is 0.389. The van der Waals surface area contributed by atoms with E-state index in [1.807, 2.05) is 9.80 Å². The average Bonchev–Trinajstić information content (AvgIpc) is 3.42. The van der Waals surface area contributed by atoms with Crippen molar-refractivity contribution in [1.82, 2.24) is 20.4 Å². The van der Waals surface area contributed by atoms with Gasteiger partial charge in [0, 0.05) is 26.2 Å². The van der Waals surface area contributed by atoms with Gasteiger partial charge in [0.15, 0.2) is 8.68 Å². The van der Waals surface area contributed by atoms with E-state index in [-0.39, 0.29) is 0 Å². The van der Waals surface area contributed by atoms with E-state index in [1.165, 1.54) is 44.3 Å². The Labute approximate surface area is 190 Å². The van der Waals surface area contributed by atoms with E-state index >= 15 is 0 Å². The third-order valence-corrected chi connectivity index (χ3v) is 8.41. The van der Waals surface area contributed by atoms with Crippen LogP contribution in [0.1, 0.15) is 25.7 Å². The van der Waals surface area contributed by atoms with Gasteiger partial charge in [0.2, 0.25) is 10.3 Å². The first-order chi connectivity index (χ1) is 14.7. The third-order valence-electron chi connectivity index (χ3n) is 3.49.